The van der Waals surface area contributed by atoms with Gasteiger partial charge in [-0.1, -0.05) is 30.3 Å². The summed E-state index contributed by atoms with van der Waals surface area (Å²) in [7, 11) is 0. The molecule has 1 fully saturated rings. The number of amides is 2. The summed E-state index contributed by atoms with van der Waals surface area (Å²) < 4.78 is 46.8. The van der Waals surface area contributed by atoms with Crippen LogP contribution in [0.1, 0.15) is 49.1 Å². The van der Waals surface area contributed by atoms with Crippen LogP contribution in [0.5, 0.6) is 0 Å². The second kappa shape index (κ2) is 9.70. The van der Waals surface area contributed by atoms with Crippen molar-refractivity contribution in [3.8, 4) is 10.4 Å². The van der Waals surface area contributed by atoms with Crippen LogP contribution in [0.4, 0.5) is 18.0 Å². The number of nitrogens with one attached hydrogen (secondary N) is 1. The van der Waals surface area contributed by atoms with Gasteiger partial charge in [0, 0.05) is 13.1 Å². The number of piperidine rings is 1. The highest BCUT2D eigenvalue weighted by Crippen LogP contribution is 2.39. The fraction of sp³-hybridized carbons (Fsp3) is 0.522. The van der Waals surface area contributed by atoms with E-state index in [-0.39, 0.29) is 31.6 Å². The number of hydrogen-bond acceptors (Lipinski definition) is 5. The number of carbonyl (C=O) groups excluding carboxylic acids is 2. The van der Waals surface area contributed by atoms with Gasteiger partial charge in [0.25, 0.3) is 5.91 Å². The van der Waals surface area contributed by atoms with E-state index in [2.05, 4.69) is 10.3 Å². The minimum Gasteiger partial charge on any atom is -0.444 e. The summed E-state index contributed by atoms with van der Waals surface area (Å²) in [5.41, 5.74) is 0.117. The molecular weight excluding hydrogens is 455 g/mol. The molecule has 0 spiro atoms. The predicted octanol–water partition coefficient (Wildman–Crippen LogP) is 5.43. The maximum atomic E-state index is 13.9. The van der Waals surface area contributed by atoms with E-state index in [4.69, 9.17) is 4.74 Å². The molecule has 1 aliphatic heterocycles. The molecule has 2 atom stereocenters. The van der Waals surface area contributed by atoms with Gasteiger partial charge < -0.3 is 15.0 Å². The summed E-state index contributed by atoms with van der Waals surface area (Å²) in [4.78, 5) is 31.8. The van der Waals surface area contributed by atoms with Crippen LogP contribution in [-0.4, -0.2) is 52.8 Å². The number of likely N-dealkylation sites (tertiary alicyclic amines) is 1. The lowest BCUT2D eigenvalue weighted by atomic mass is 9.88. The maximum Gasteiger partial charge on any atom is 0.407 e. The fourth-order valence-electron chi connectivity index (χ4n) is 3.94. The van der Waals surface area contributed by atoms with Crippen LogP contribution in [0.25, 0.3) is 10.4 Å². The second-order valence-corrected chi connectivity index (χ2v) is 10.2. The molecule has 1 aromatic carbocycles. The van der Waals surface area contributed by atoms with Crippen molar-refractivity contribution in [3.63, 3.8) is 0 Å². The predicted molar refractivity (Wildman–Crippen MR) is 120 cm³/mol. The zero-order chi connectivity index (χ0) is 24.4. The number of rotatable bonds is 4. The molecule has 180 valence electrons. The molecule has 1 aromatic heterocycles. The normalized spacial score (nSPS) is 19.3. The van der Waals surface area contributed by atoms with Gasteiger partial charge in [0.1, 0.15) is 11.3 Å². The molecule has 1 saturated heterocycles. The number of aryl methyl sites for hydroxylation is 1. The van der Waals surface area contributed by atoms with Gasteiger partial charge in [-0.2, -0.15) is 13.2 Å². The van der Waals surface area contributed by atoms with E-state index in [0.29, 0.717) is 9.88 Å². The van der Waals surface area contributed by atoms with Crippen molar-refractivity contribution >= 4 is 23.3 Å². The molecule has 0 saturated carbocycles. The lowest BCUT2D eigenvalue weighted by Crippen LogP contribution is -2.57. The van der Waals surface area contributed by atoms with E-state index in [1.54, 1.807) is 27.7 Å². The third kappa shape index (κ3) is 6.25. The van der Waals surface area contributed by atoms with E-state index < -0.39 is 35.7 Å². The highest BCUT2D eigenvalue weighted by atomic mass is 32.1. The van der Waals surface area contributed by atoms with Crippen LogP contribution < -0.4 is 5.32 Å². The number of benzene rings is 1. The van der Waals surface area contributed by atoms with Gasteiger partial charge in [-0.15, -0.1) is 11.3 Å². The van der Waals surface area contributed by atoms with E-state index in [1.807, 2.05) is 30.3 Å². The van der Waals surface area contributed by atoms with Gasteiger partial charge in [0.2, 0.25) is 0 Å². The Morgan fingerprint density at radius 3 is 2.48 bits per heavy atom. The minimum atomic E-state index is -4.51. The Hall–Kier alpha value is -2.62. The molecule has 2 amide bonds. The molecule has 0 radical (unpaired) electrons. The Morgan fingerprint density at radius 1 is 1.21 bits per heavy atom. The van der Waals surface area contributed by atoms with Gasteiger partial charge in [-0.3, -0.25) is 4.79 Å². The molecule has 2 heterocycles. The topological polar surface area (TPSA) is 71.5 Å². The monoisotopic (exact) mass is 483 g/mol. The van der Waals surface area contributed by atoms with Crippen molar-refractivity contribution in [1.29, 1.82) is 0 Å². The molecule has 0 bridgehead atoms. The SMILES string of the molecule is Cc1nc(C(=O)N2CCC[C@H](C(F)(F)F)[C@@H]2CNC(=O)OC(C)(C)C)c(-c2ccccc2)s1. The van der Waals surface area contributed by atoms with Crippen molar-refractivity contribution in [1.82, 2.24) is 15.2 Å². The van der Waals surface area contributed by atoms with Crippen molar-refractivity contribution in [2.75, 3.05) is 13.1 Å². The molecule has 10 heteroatoms. The number of hydrogen-bond donors (Lipinski definition) is 1. The summed E-state index contributed by atoms with van der Waals surface area (Å²) in [6, 6.07) is 7.90. The van der Waals surface area contributed by atoms with Gasteiger partial charge in [0.05, 0.1) is 21.8 Å². The van der Waals surface area contributed by atoms with Crippen molar-refractivity contribution in [2.45, 2.75) is 58.4 Å². The Labute approximate surface area is 195 Å². The summed E-state index contributed by atoms with van der Waals surface area (Å²) >= 11 is 1.32. The number of alkyl carbamates (subject to hydrolysis) is 1. The highest BCUT2D eigenvalue weighted by molar-refractivity contribution is 7.15. The number of alkyl halides is 3. The molecule has 2 aromatic rings. The van der Waals surface area contributed by atoms with Crippen molar-refractivity contribution in [3.05, 3.63) is 41.0 Å². The fourth-order valence-corrected chi connectivity index (χ4v) is 4.85. The van der Waals surface area contributed by atoms with E-state index in [9.17, 15) is 22.8 Å². The van der Waals surface area contributed by atoms with Crippen molar-refractivity contribution < 1.29 is 27.5 Å². The highest BCUT2D eigenvalue weighted by Gasteiger charge is 2.50. The smallest absolute Gasteiger partial charge is 0.407 e. The van der Waals surface area contributed by atoms with Crippen LogP contribution in [0.3, 0.4) is 0 Å². The second-order valence-electron chi connectivity index (χ2n) is 9.02. The molecule has 0 unspecified atom stereocenters. The average molecular weight is 484 g/mol. The first-order valence-electron chi connectivity index (χ1n) is 10.7. The first-order chi connectivity index (χ1) is 15.4. The first-order valence-corrected chi connectivity index (χ1v) is 11.6. The Kier molecular flexibility index (Phi) is 7.36. The van der Waals surface area contributed by atoms with E-state index in [1.165, 1.54) is 16.2 Å². The van der Waals surface area contributed by atoms with Crippen LogP contribution in [0, 0.1) is 12.8 Å². The molecular formula is C23H28F3N3O3S. The van der Waals surface area contributed by atoms with Gasteiger partial charge in [-0.05, 0) is 46.1 Å². The maximum absolute atomic E-state index is 13.9. The summed E-state index contributed by atoms with van der Waals surface area (Å²) in [6.07, 6.45) is -5.24. The summed E-state index contributed by atoms with van der Waals surface area (Å²) in [5, 5.41) is 3.07. The number of aromatic nitrogens is 1. The first kappa shape index (κ1) is 25.0. The third-order valence-electron chi connectivity index (χ3n) is 5.29. The number of nitrogens with zero attached hydrogens (tertiary/aromatic N) is 2. The standard InChI is InChI=1S/C23H28F3N3O3S/c1-14-28-18(19(33-14)15-9-6-5-7-10-15)20(30)29-12-8-11-16(23(24,25)26)17(29)13-27-21(31)32-22(2,3)4/h5-7,9-10,16-17H,8,11-13H2,1-4H3,(H,27,31)/t16-,17-/m0/s1. The van der Waals surface area contributed by atoms with Crippen LogP contribution in [-0.2, 0) is 4.74 Å². The van der Waals surface area contributed by atoms with Gasteiger partial charge in [-0.25, -0.2) is 9.78 Å². The third-order valence-corrected chi connectivity index (χ3v) is 6.31. The zero-order valence-electron chi connectivity index (χ0n) is 19.0. The Bertz CT molecular complexity index is 986. The number of thiazole rings is 1. The summed E-state index contributed by atoms with van der Waals surface area (Å²) in [5.74, 6) is -2.33. The lowest BCUT2D eigenvalue weighted by Gasteiger charge is -2.42. The van der Waals surface area contributed by atoms with Crippen LogP contribution in [0.2, 0.25) is 0 Å². The average Bonchev–Trinajstić information content (AvgIpc) is 3.12. The summed E-state index contributed by atoms with van der Waals surface area (Å²) in [6.45, 7) is 6.53. The molecule has 6 nitrogen and oxygen atoms in total. The molecule has 1 N–H and O–H groups in total. The quantitative estimate of drug-likeness (QED) is 0.630. The van der Waals surface area contributed by atoms with E-state index in [0.717, 1.165) is 5.56 Å². The van der Waals surface area contributed by atoms with Crippen molar-refractivity contribution in [2.24, 2.45) is 5.92 Å². The van der Waals surface area contributed by atoms with Crippen LogP contribution >= 0.6 is 11.3 Å². The van der Waals surface area contributed by atoms with Gasteiger partial charge >= 0.3 is 12.3 Å². The Morgan fingerprint density at radius 2 is 1.88 bits per heavy atom. The van der Waals surface area contributed by atoms with Gasteiger partial charge in [0.15, 0.2) is 0 Å². The largest absolute Gasteiger partial charge is 0.444 e. The van der Waals surface area contributed by atoms with E-state index >= 15 is 0 Å². The van der Waals surface area contributed by atoms with Crippen LogP contribution in [0.15, 0.2) is 30.3 Å². The molecule has 3 rings (SSSR count). The number of halogens is 3. The molecule has 0 aliphatic carbocycles. The Balaban J connectivity index is 1.91. The zero-order valence-corrected chi connectivity index (χ0v) is 19.8. The molecule has 1 aliphatic rings. The lowest BCUT2D eigenvalue weighted by molar-refractivity contribution is -0.197. The number of ether oxygens (including phenoxy) is 1. The minimum absolute atomic E-state index is 0.115. The molecule has 33 heavy (non-hydrogen) atoms. The number of carbonyl (C=O) groups is 2.